The quantitative estimate of drug-likeness (QED) is 0.275. The van der Waals surface area contributed by atoms with Crippen LogP contribution in [0.2, 0.25) is 0 Å². The molecule has 0 aromatic heterocycles. The Balaban J connectivity index is -0.0000000492. The number of carbonyl (C=O) groups is 4. The number of amides is 4. The molecule has 0 radical (unpaired) electrons. The van der Waals surface area contributed by atoms with Crippen LogP contribution in [0.4, 0.5) is 0 Å². The molecule has 128 valence electrons. The summed E-state index contributed by atoms with van der Waals surface area (Å²) in [5.74, 6) is -0.295. The van der Waals surface area contributed by atoms with E-state index in [9.17, 15) is 19.2 Å². The van der Waals surface area contributed by atoms with Gasteiger partial charge in [-0.1, -0.05) is 0 Å². The van der Waals surface area contributed by atoms with E-state index >= 15 is 0 Å². The number of hydrogen-bond donors (Lipinski definition) is 4. The minimum absolute atomic E-state index is 0. The van der Waals surface area contributed by atoms with E-state index in [1.54, 1.807) is 0 Å². The molecule has 0 spiro atoms. The second-order valence-corrected chi connectivity index (χ2v) is 6.66. The Hall–Kier alpha value is 0.806. The Bertz CT molecular complexity index is 269. The summed E-state index contributed by atoms with van der Waals surface area (Å²) in [5, 5.41) is 0. The molecule has 0 saturated heterocycles. The number of carbonyl (C=O) groups excluding carboxylic acids is 4. The van der Waals surface area contributed by atoms with E-state index in [0.29, 0.717) is 0 Å². The van der Waals surface area contributed by atoms with Gasteiger partial charge >= 0.3 is 131 Å². The third-order valence-corrected chi connectivity index (χ3v) is 5.64. The summed E-state index contributed by atoms with van der Waals surface area (Å²) < 4.78 is 10.3. The first-order valence-electron chi connectivity index (χ1n) is 4.82. The van der Waals surface area contributed by atoms with Gasteiger partial charge in [-0.05, 0) is 0 Å². The molecule has 0 atom stereocenters. The van der Waals surface area contributed by atoms with Gasteiger partial charge in [0, 0.05) is 0 Å². The van der Waals surface area contributed by atoms with Gasteiger partial charge in [0.25, 0.3) is 0 Å². The molecule has 0 aromatic rings. The van der Waals surface area contributed by atoms with E-state index in [0.717, 1.165) is 0 Å². The molecule has 0 fully saturated rings. The van der Waals surface area contributed by atoms with Crippen LogP contribution in [0.3, 0.4) is 0 Å². The zero-order valence-corrected chi connectivity index (χ0v) is 20.1. The molecule has 0 bridgehead atoms. The van der Waals surface area contributed by atoms with Crippen molar-refractivity contribution in [2.75, 3.05) is 0 Å². The fourth-order valence-electron chi connectivity index (χ4n) is 0.415. The monoisotopic (exact) mass is 552 g/mol. The van der Waals surface area contributed by atoms with Crippen molar-refractivity contribution in [2.24, 2.45) is 0 Å². The molecule has 22 heavy (non-hydrogen) atoms. The van der Waals surface area contributed by atoms with Crippen molar-refractivity contribution in [3.63, 3.8) is 0 Å². The molecule has 0 rings (SSSR count). The Morgan fingerprint density at radius 3 is 0.727 bits per heavy atom. The zero-order valence-electron chi connectivity index (χ0n) is 12.1. The van der Waals surface area contributed by atoms with Crippen LogP contribution in [0.25, 0.3) is 0 Å². The molecule has 14 heteroatoms. The van der Waals surface area contributed by atoms with Crippen LogP contribution in [0.15, 0.2) is 0 Å². The van der Waals surface area contributed by atoms with Crippen molar-refractivity contribution in [3.05, 3.63) is 0 Å². The van der Waals surface area contributed by atoms with Gasteiger partial charge in [0.05, 0.1) is 0 Å². The summed E-state index contributed by atoms with van der Waals surface area (Å²) in [6, 6.07) is 0. The number of halogens is 4. The Morgan fingerprint density at radius 2 is 0.636 bits per heavy atom. The van der Waals surface area contributed by atoms with Crippen LogP contribution >= 0.6 is 0 Å². The molecule has 0 aliphatic carbocycles. The SMILES string of the molecule is CC(=O)[NH][Zr+2][NH]C(C)=O.CC(=O)[NH][Zr+2][NH]C(C)=O.[Cl-].[Cl-].[Cl-].[Cl-]. The third kappa shape index (κ3) is 49.8. The maximum Gasteiger partial charge on any atom is -1.00 e. The summed E-state index contributed by atoms with van der Waals surface area (Å²) in [6.45, 7) is 5.73. The molecular formula is C8H16Cl4N4O4Zr2. The normalized spacial score (nSPS) is 6.00. The van der Waals surface area contributed by atoms with Gasteiger partial charge in [-0.25, -0.2) is 0 Å². The van der Waals surface area contributed by atoms with Crippen molar-refractivity contribution in [3.8, 4) is 0 Å². The topological polar surface area (TPSA) is 116 Å². The van der Waals surface area contributed by atoms with Gasteiger partial charge < -0.3 is 49.6 Å². The molecule has 0 aliphatic rings. The summed E-state index contributed by atoms with van der Waals surface area (Å²) >= 11 is -2.26. The van der Waals surface area contributed by atoms with Crippen LogP contribution in [0, 0.1) is 0 Å². The smallest absolute Gasteiger partial charge is 1.00 e. The van der Waals surface area contributed by atoms with Crippen molar-refractivity contribution in [2.45, 2.75) is 27.7 Å². The van der Waals surface area contributed by atoms with Gasteiger partial charge in [0.15, 0.2) is 0 Å². The second-order valence-electron chi connectivity index (χ2n) is 2.97. The van der Waals surface area contributed by atoms with E-state index in [-0.39, 0.29) is 73.3 Å². The summed E-state index contributed by atoms with van der Waals surface area (Å²) in [7, 11) is 0. The van der Waals surface area contributed by atoms with E-state index in [1.807, 2.05) is 0 Å². The molecular weight excluding hydrogens is 540 g/mol. The Labute approximate surface area is 179 Å². The zero-order chi connectivity index (χ0) is 14.6. The largest absolute Gasteiger partial charge is 1.00 e. The number of nitrogens with one attached hydrogen (secondary N) is 4. The third-order valence-electron chi connectivity index (χ3n) is 0.954. The molecule has 0 heterocycles. The van der Waals surface area contributed by atoms with Crippen LogP contribution in [-0.2, 0) is 66.8 Å². The maximum atomic E-state index is 10.2. The number of rotatable bonds is 4. The van der Waals surface area contributed by atoms with Gasteiger partial charge in [0.1, 0.15) is 0 Å². The molecule has 4 amide bonds. The van der Waals surface area contributed by atoms with E-state index in [2.05, 4.69) is 13.0 Å². The van der Waals surface area contributed by atoms with E-state index in [4.69, 9.17) is 0 Å². The van der Waals surface area contributed by atoms with Crippen molar-refractivity contribution < 1.29 is 116 Å². The van der Waals surface area contributed by atoms with Crippen molar-refractivity contribution in [1.82, 2.24) is 13.0 Å². The van der Waals surface area contributed by atoms with Crippen LogP contribution in [-0.4, -0.2) is 23.6 Å². The molecule has 0 unspecified atom stereocenters. The summed E-state index contributed by atoms with van der Waals surface area (Å²) in [5.41, 5.74) is 0. The van der Waals surface area contributed by atoms with Crippen molar-refractivity contribution >= 4 is 23.6 Å². The second kappa shape index (κ2) is 26.7. The minimum Gasteiger partial charge on any atom is -1.00 e. The summed E-state index contributed by atoms with van der Waals surface area (Å²) in [4.78, 5) is 40.8. The van der Waals surface area contributed by atoms with Gasteiger partial charge in [-0.2, -0.15) is 0 Å². The summed E-state index contributed by atoms with van der Waals surface area (Å²) in [6.07, 6.45) is 0. The molecule has 0 aliphatic heterocycles. The average Bonchev–Trinajstić information content (AvgIpc) is 2.15. The fraction of sp³-hybridized carbons (Fsp3) is 0.500. The Morgan fingerprint density at radius 1 is 0.500 bits per heavy atom. The number of hydrogen-bond acceptors (Lipinski definition) is 4. The van der Waals surface area contributed by atoms with Crippen LogP contribution in [0.1, 0.15) is 27.7 Å². The molecule has 0 saturated carbocycles. The van der Waals surface area contributed by atoms with E-state index < -0.39 is 47.6 Å². The van der Waals surface area contributed by atoms with Crippen LogP contribution in [0.5, 0.6) is 0 Å². The van der Waals surface area contributed by atoms with Crippen molar-refractivity contribution in [1.29, 1.82) is 0 Å². The predicted octanol–water partition coefficient (Wildman–Crippen LogP) is -13.6. The first-order valence-corrected chi connectivity index (χ1v) is 9.73. The first kappa shape index (κ1) is 38.4. The predicted molar refractivity (Wildman–Crippen MR) is 55.3 cm³/mol. The average molecular weight is 556 g/mol. The Kier molecular flexibility index (Phi) is 46.6. The molecule has 0 aromatic carbocycles. The minimum atomic E-state index is -1.13. The van der Waals surface area contributed by atoms with Gasteiger partial charge in [-0.15, -0.1) is 0 Å². The van der Waals surface area contributed by atoms with Gasteiger partial charge in [-0.3, -0.25) is 0 Å². The molecule has 4 N–H and O–H groups in total. The van der Waals surface area contributed by atoms with E-state index in [1.165, 1.54) is 27.7 Å². The standard InChI is InChI=1S/4C2H5NO.4ClH.2Zr/c4*1-2(3)4;;;;;;/h4*1H3,(H2,3,4);4*1H;;/q;;;;;;;;2*+4/p-8. The molecule has 8 nitrogen and oxygen atoms in total. The van der Waals surface area contributed by atoms with Gasteiger partial charge in [0.2, 0.25) is 0 Å². The van der Waals surface area contributed by atoms with Crippen LogP contribution < -0.4 is 62.7 Å². The fourth-order valence-corrected chi connectivity index (χ4v) is 2.45. The maximum absolute atomic E-state index is 10.2. The first-order chi connectivity index (χ1) is 8.25.